The summed E-state index contributed by atoms with van der Waals surface area (Å²) in [6.45, 7) is 2.62. The quantitative estimate of drug-likeness (QED) is 0.834. The molecule has 1 aromatic rings. The zero-order chi connectivity index (χ0) is 17.7. The lowest BCUT2D eigenvalue weighted by atomic mass is 9.93. The number of nitrogens with zero attached hydrogens (tertiary/aromatic N) is 1. The fraction of sp³-hybridized carbons (Fsp3) is 0.529. The molecular formula is C17H21F3N2O2. The maximum Gasteiger partial charge on any atom is 0.389 e. The standard InChI is InChI=1S/C17H21F3N2O2/c1-12(23)14-2-4-15(5-3-14)21-16(24)11-22-8-6-13(7-9-22)10-17(18,19)20/h2-5,13H,6-11H2,1H3,(H,21,24). The van der Waals surface area contributed by atoms with Crippen molar-refractivity contribution in [2.45, 2.75) is 32.4 Å². The highest BCUT2D eigenvalue weighted by molar-refractivity contribution is 5.96. The van der Waals surface area contributed by atoms with E-state index in [2.05, 4.69) is 5.32 Å². The first-order valence-corrected chi connectivity index (χ1v) is 7.93. The van der Waals surface area contributed by atoms with Gasteiger partial charge in [0, 0.05) is 17.7 Å². The van der Waals surface area contributed by atoms with Crippen molar-refractivity contribution in [1.29, 1.82) is 0 Å². The molecule has 0 aromatic heterocycles. The highest BCUT2D eigenvalue weighted by atomic mass is 19.4. The van der Waals surface area contributed by atoms with E-state index in [1.54, 1.807) is 24.3 Å². The lowest BCUT2D eigenvalue weighted by Crippen LogP contribution is -2.40. The predicted octanol–water partition coefficient (Wildman–Crippen LogP) is 3.49. The van der Waals surface area contributed by atoms with Crippen LogP contribution in [0.3, 0.4) is 0 Å². The lowest BCUT2D eigenvalue weighted by Gasteiger charge is -2.31. The van der Waals surface area contributed by atoms with Crippen molar-refractivity contribution in [3.8, 4) is 0 Å². The van der Waals surface area contributed by atoms with Gasteiger partial charge in [0.1, 0.15) is 0 Å². The maximum atomic E-state index is 12.4. The smallest absolute Gasteiger partial charge is 0.325 e. The third-order valence-corrected chi connectivity index (χ3v) is 4.17. The van der Waals surface area contributed by atoms with E-state index in [1.807, 2.05) is 4.90 Å². The molecule has 0 radical (unpaired) electrons. The fourth-order valence-electron chi connectivity index (χ4n) is 2.87. The van der Waals surface area contributed by atoms with Crippen LogP contribution in [-0.4, -0.2) is 42.4 Å². The number of likely N-dealkylation sites (tertiary alicyclic amines) is 1. The van der Waals surface area contributed by atoms with Gasteiger partial charge in [-0.1, -0.05) is 0 Å². The Morgan fingerprint density at radius 2 is 1.75 bits per heavy atom. The molecule has 24 heavy (non-hydrogen) atoms. The molecule has 0 bridgehead atoms. The Bertz CT molecular complexity index is 576. The molecule has 0 atom stereocenters. The van der Waals surface area contributed by atoms with E-state index in [-0.39, 0.29) is 24.2 Å². The molecule has 0 aliphatic carbocycles. The molecule has 1 aliphatic heterocycles. The summed E-state index contributed by atoms with van der Waals surface area (Å²) in [4.78, 5) is 25.1. The first kappa shape index (κ1) is 18.4. The number of Topliss-reactive ketones (excluding diaryl/α,β-unsaturated/α-hetero) is 1. The number of rotatable bonds is 5. The Hall–Kier alpha value is -1.89. The van der Waals surface area contributed by atoms with E-state index >= 15 is 0 Å². The van der Waals surface area contributed by atoms with Gasteiger partial charge in [0.25, 0.3) is 0 Å². The number of halogens is 3. The number of hydrogen-bond acceptors (Lipinski definition) is 3. The first-order chi connectivity index (χ1) is 11.2. The number of ketones is 1. The van der Waals surface area contributed by atoms with Crippen LogP contribution in [0.25, 0.3) is 0 Å². The molecule has 1 saturated heterocycles. The SMILES string of the molecule is CC(=O)c1ccc(NC(=O)CN2CCC(CC(F)(F)F)CC2)cc1. The minimum absolute atomic E-state index is 0.0467. The Morgan fingerprint density at radius 1 is 1.17 bits per heavy atom. The second-order valence-corrected chi connectivity index (χ2v) is 6.22. The average Bonchev–Trinajstić information content (AvgIpc) is 2.48. The normalized spacial score (nSPS) is 16.8. The van der Waals surface area contributed by atoms with Crippen molar-refractivity contribution >= 4 is 17.4 Å². The second-order valence-electron chi connectivity index (χ2n) is 6.22. The van der Waals surface area contributed by atoms with Crippen molar-refractivity contribution in [2.24, 2.45) is 5.92 Å². The Balaban J connectivity index is 1.76. The maximum absolute atomic E-state index is 12.4. The van der Waals surface area contributed by atoms with Crippen molar-refractivity contribution < 1.29 is 22.8 Å². The average molecular weight is 342 g/mol. The number of carbonyl (C=O) groups is 2. The number of piperidine rings is 1. The van der Waals surface area contributed by atoms with Crippen LogP contribution < -0.4 is 5.32 Å². The minimum Gasteiger partial charge on any atom is -0.325 e. The summed E-state index contributed by atoms with van der Waals surface area (Å²) >= 11 is 0. The van der Waals surface area contributed by atoms with E-state index in [4.69, 9.17) is 0 Å². The summed E-state index contributed by atoms with van der Waals surface area (Å²) < 4.78 is 37.1. The van der Waals surface area contributed by atoms with Crippen molar-refractivity contribution in [3.05, 3.63) is 29.8 Å². The highest BCUT2D eigenvalue weighted by Crippen LogP contribution is 2.30. The predicted molar refractivity (Wildman–Crippen MR) is 84.9 cm³/mol. The van der Waals surface area contributed by atoms with E-state index in [0.717, 1.165) is 0 Å². The second kappa shape index (κ2) is 7.79. The van der Waals surface area contributed by atoms with Gasteiger partial charge < -0.3 is 5.32 Å². The van der Waals surface area contributed by atoms with Gasteiger partial charge in [-0.25, -0.2) is 0 Å². The zero-order valence-corrected chi connectivity index (χ0v) is 13.5. The van der Waals surface area contributed by atoms with Gasteiger partial charge in [0.05, 0.1) is 6.54 Å². The fourth-order valence-corrected chi connectivity index (χ4v) is 2.87. The van der Waals surface area contributed by atoms with E-state index in [1.165, 1.54) is 6.92 Å². The van der Waals surface area contributed by atoms with E-state index < -0.39 is 12.6 Å². The van der Waals surface area contributed by atoms with Crippen LogP contribution in [-0.2, 0) is 4.79 Å². The molecule has 7 heteroatoms. The van der Waals surface area contributed by atoms with Gasteiger partial charge >= 0.3 is 6.18 Å². The van der Waals surface area contributed by atoms with Gasteiger partial charge in [-0.2, -0.15) is 13.2 Å². The molecule has 1 aliphatic rings. The molecular weight excluding hydrogens is 321 g/mol. The molecule has 1 fully saturated rings. The third kappa shape index (κ3) is 5.96. The monoisotopic (exact) mass is 342 g/mol. The van der Waals surface area contributed by atoms with Crippen LogP contribution in [0.5, 0.6) is 0 Å². The highest BCUT2D eigenvalue weighted by Gasteiger charge is 2.33. The van der Waals surface area contributed by atoms with E-state index in [9.17, 15) is 22.8 Å². The molecule has 1 amide bonds. The topological polar surface area (TPSA) is 49.4 Å². The number of carbonyl (C=O) groups excluding carboxylic acids is 2. The molecule has 1 aromatic carbocycles. The Morgan fingerprint density at radius 3 is 2.25 bits per heavy atom. The Labute approximate surface area is 139 Å². The number of hydrogen-bond donors (Lipinski definition) is 1. The Kier molecular flexibility index (Phi) is 5.99. The summed E-state index contributed by atoms with van der Waals surface area (Å²) in [5.41, 5.74) is 1.16. The molecule has 0 saturated carbocycles. The summed E-state index contributed by atoms with van der Waals surface area (Å²) in [5.74, 6) is -0.599. The largest absolute Gasteiger partial charge is 0.389 e. The van der Waals surface area contributed by atoms with Crippen LogP contribution in [0.4, 0.5) is 18.9 Å². The van der Waals surface area contributed by atoms with Gasteiger partial charge in [0.2, 0.25) is 5.91 Å². The molecule has 0 spiro atoms. The third-order valence-electron chi connectivity index (χ3n) is 4.17. The molecule has 132 valence electrons. The van der Waals surface area contributed by atoms with Crippen LogP contribution in [0.2, 0.25) is 0 Å². The van der Waals surface area contributed by atoms with Gasteiger partial charge in [0.15, 0.2) is 5.78 Å². The van der Waals surface area contributed by atoms with Crippen molar-refractivity contribution in [3.63, 3.8) is 0 Å². The number of benzene rings is 1. The van der Waals surface area contributed by atoms with E-state index in [0.29, 0.717) is 37.2 Å². The zero-order valence-electron chi connectivity index (χ0n) is 13.5. The molecule has 1 heterocycles. The lowest BCUT2D eigenvalue weighted by molar-refractivity contribution is -0.147. The van der Waals surface area contributed by atoms with Gasteiger partial charge in [-0.15, -0.1) is 0 Å². The molecule has 2 rings (SSSR count). The van der Waals surface area contributed by atoms with Gasteiger partial charge in [-0.3, -0.25) is 14.5 Å². The summed E-state index contributed by atoms with van der Waals surface area (Å²) in [6, 6.07) is 6.59. The number of anilines is 1. The van der Waals surface area contributed by atoms with Crippen molar-refractivity contribution in [2.75, 3.05) is 25.0 Å². The van der Waals surface area contributed by atoms with Crippen LogP contribution in [0.15, 0.2) is 24.3 Å². The number of nitrogens with one attached hydrogen (secondary N) is 1. The van der Waals surface area contributed by atoms with Crippen molar-refractivity contribution in [1.82, 2.24) is 4.90 Å². The van der Waals surface area contributed by atoms with Crippen LogP contribution >= 0.6 is 0 Å². The number of alkyl halides is 3. The van der Waals surface area contributed by atoms with Crippen LogP contribution in [0, 0.1) is 5.92 Å². The van der Waals surface area contributed by atoms with Gasteiger partial charge in [-0.05, 0) is 63.0 Å². The number of amides is 1. The minimum atomic E-state index is -4.11. The summed E-state index contributed by atoms with van der Waals surface area (Å²) in [6.07, 6.45) is -3.94. The van der Waals surface area contributed by atoms with Crippen LogP contribution in [0.1, 0.15) is 36.5 Å². The molecule has 0 unspecified atom stereocenters. The summed E-state index contributed by atoms with van der Waals surface area (Å²) in [7, 11) is 0. The molecule has 1 N–H and O–H groups in total. The first-order valence-electron chi connectivity index (χ1n) is 7.93. The molecule has 4 nitrogen and oxygen atoms in total. The summed E-state index contributed by atoms with van der Waals surface area (Å²) in [5, 5.41) is 2.73.